The van der Waals surface area contributed by atoms with E-state index in [1.54, 1.807) is 6.20 Å². The van der Waals surface area contributed by atoms with Crippen LogP contribution in [0.25, 0.3) is 22.3 Å². The minimum absolute atomic E-state index is 0.637. The second-order valence-electron chi connectivity index (χ2n) is 4.24. The van der Waals surface area contributed by atoms with Crippen LogP contribution in [0.15, 0.2) is 36.5 Å². The zero-order valence-corrected chi connectivity index (χ0v) is 10.4. The maximum atomic E-state index is 4.42. The standard InChI is InChI=1S/C14H14N4/c1-9-5-3-4-6-10(9)11-7-12-13(17-11)8-16-14(15-2)18-12/h3-8,17H,1-2H3,(H,15,16,18). The van der Waals surface area contributed by atoms with Gasteiger partial charge in [-0.25, -0.2) is 9.97 Å². The topological polar surface area (TPSA) is 53.6 Å². The predicted molar refractivity (Wildman–Crippen MR) is 73.6 cm³/mol. The summed E-state index contributed by atoms with van der Waals surface area (Å²) in [5.74, 6) is 0.637. The van der Waals surface area contributed by atoms with Gasteiger partial charge in [-0.2, -0.15) is 0 Å². The monoisotopic (exact) mass is 238 g/mol. The molecular formula is C14H14N4. The highest BCUT2D eigenvalue weighted by Gasteiger charge is 2.07. The fourth-order valence-electron chi connectivity index (χ4n) is 2.06. The smallest absolute Gasteiger partial charge is 0.223 e. The number of fused-ring (bicyclic) bond motifs is 1. The Bertz CT molecular complexity index is 700. The molecular weight excluding hydrogens is 224 g/mol. The summed E-state index contributed by atoms with van der Waals surface area (Å²) < 4.78 is 0. The molecule has 0 aliphatic rings. The number of nitrogens with one attached hydrogen (secondary N) is 2. The third kappa shape index (κ3) is 1.72. The molecule has 18 heavy (non-hydrogen) atoms. The summed E-state index contributed by atoms with van der Waals surface area (Å²) in [6.07, 6.45) is 1.80. The van der Waals surface area contributed by atoms with Crippen molar-refractivity contribution in [3.8, 4) is 11.3 Å². The van der Waals surface area contributed by atoms with E-state index in [2.05, 4.69) is 45.4 Å². The zero-order chi connectivity index (χ0) is 12.5. The van der Waals surface area contributed by atoms with Gasteiger partial charge in [-0.1, -0.05) is 24.3 Å². The maximum absolute atomic E-state index is 4.42. The van der Waals surface area contributed by atoms with Crippen LogP contribution in [0.2, 0.25) is 0 Å². The molecule has 90 valence electrons. The van der Waals surface area contributed by atoms with E-state index < -0.39 is 0 Å². The van der Waals surface area contributed by atoms with Crippen LogP contribution in [0.3, 0.4) is 0 Å². The molecule has 2 N–H and O–H groups in total. The lowest BCUT2D eigenvalue weighted by molar-refractivity contribution is 1.19. The zero-order valence-electron chi connectivity index (χ0n) is 10.4. The maximum Gasteiger partial charge on any atom is 0.223 e. The Morgan fingerprint density at radius 1 is 1.22 bits per heavy atom. The first-order valence-corrected chi connectivity index (χ1v) is 5.87. The Balaban J connectivity index is 2.17. The van der Waals surface area contributed by atoms with Crippen molar-refractivity contribution in [1.82, 2.24) is 15.0 Å². The predicted octanol–water partition coefficient (Wildman–Crippen LogP) is 2.98. The van der Waals surface area contributed by atoms with E-state index >= 15 is 0 Å². The van der Waals surface area contributed by atoms with Crippen molar-refractivity contribution in [2.75, 3.05) is 12.4 Å². The third-order valence-electron chi connectivity index (χ3n) is 3.03. The lowest BCUT2D eigenvalue weighted by Gasteiger charge is -2.01. The molecule has 0 aliphatic carbocycles. The van der Waals surface area contributed by atoms with Crippen molar-refractivity contribution in [3.05, 3.63) is 42.1 Å². The molecule has 4 heteroatoms. The van der Waals surface area contributed by atoms with Gasteiger partial charge in [-0.3, -0.25) is 0 Å². The normalized spacial score (nSPS) is 10.8. The summed E-state index contributed by atoms with van der Waals surface area (Å²) >= 11 is 0. The molecule has 0 saturated carbocycles. The number of aromatic amines is 1. The first kappa shape index (κ1) is 10.8. The number of anilines is 1. The first-order valence-electron chi connectivity index (χ1n) is 5.87. The van der Waals surface area contributed by atoms with Crippen molar-refractivity contribution in [1.29, 1.82) is 0 Å². The van der Waals surface area contributed by atoms with E-state index in [1.807, 2.05) is 19.2 Å². The van der Waals surface area contributed by atoms with Gasteiger partial charge in [0, 0.05) is 18.3 Å². The van der Waals surface area contributed by atoms with Gasteiger partial charge in [0.15, 0.2) is 0 Å². The van der Waals surface area contributed by atoms with Gasteiger partial charge < -0.3 is 10.3 Å². The molecule has 0 atom stereocenters. The average Bonchev–Trinajstić information content (AvgIpc) is 2.81. The van der Waals surface area contributed by atoms with E-state index in [4.69, 9.17) is 0 Å². The number of rotatable bonds is 2. The fourth-order valence-corrected chi connectivity index (χ4v) is 2.06. The van der Waals surface area contributed by atoms with Crippen LogP contribution in [0, 0.1) is 6.92 Å². The number of H-pyrrole nitrogens is 1. The number of aromatic nitrogens is 3. The van der Waals surface area contributed by atoms with E-state index in [0.717, 1.165) is 16.7 Å². The average molecular weight is 238 g/mol. The fraction of sp³-hybridized carbons (Fsp3) is 0.143. The van der Waals surface area contributed by atoms with Gasteiger partial charge in [-0.15, -0.1) is 0 Å². The van der Waals surface area contributed by atoms with Crippen molar-refractivity contribution in [3.63, 3.8) is 0 Å². The van der Waals surface area contributed by atoms with Gasteiger partial charge in [-0.05, 0) is 18.6 Å². The molecule has 0 radical (unpaired) electrons. The summed E-state index contributed by atoms with van der Waals surface area (Å²) in [6, 6.07) is 10.3. The summed E-state index contributed by atoms with van der Waals surface area (Å²) in [7, 11) is 1.82. The van der Waals surface area contributed by atoms with E-state index in [1.165, 1.54) is 11.1 Å². The number of nitrogens with zero attached hydrogens (tertiary/aromatic N) is 2. The second-order valence-corrected chi connectivity index (χ2v) is 4.24. The molecule has 0 bridgehead atoms. The van der Waals surface area contributed by atoms with Gasteiger partial charge in [0.05, 0.1) is 17.2 Å². The van der Waals surface area contributed by atoms with Gasteiger partial charge in [0.1, 0.15) is 0 Å². The van der Waals surface area contributed by atoms with Crippen LogP contribution >= 0.6 is 0 Å². The third-order valence-corrected chi connectivity index (χ3v) is 3.03. The van der Waals surface area contributed by atoms with Crippen LogP contribution < -0.4 is 5.32 Å². The van der Waals surface area contributed by atoms with Gasteiger partial charge in [0.2, 0.25) is 5.95 Å². The largest absolute Gasteiger partial charge is 0.357 e. The number of aryl methyl sites for hydroxylation is 1. The van der Waals surface area contributed by atoms with E-state index in [-0.39, 0.29) is 0 Å². The summed E-state index contributed by atoms with van der Waals surface area (Å²) in [6.45, 7) is 2.10. The highest BCUT2D eigenvalue weighted by Crippen LogP contribution is 2.25. The Morgan fingerprint density at radius 3 is 2.83 bits per heavy atom. The van der Waals surface area contributed by atoms with Crippen LogP contribution in [0.1, 0.15) is 5.56 Å². The van der Waals surface area contributed by atoms with Crippen molar-refractivity contribution in [2.45, 2.75) is 6.92 Å². The number of benzene rings is 1. The molecule has 0 unspecified atom stereocenters. The molecule has 0 saturated heterocycles. The Morgan fingerprint density at radius 2 is 2.06 bits per heavy atom. The minimum Gasteiger partial charge on any atom is -0.357 e. The molecule has 3 aromatic rings. The van der Waals surface area contributed by atoms with Crippen molar-refractivity contribution in [2.24, 2.45) is 0 Å². The Kier molecular flexibility index (Phi) is 2.48. The highest BCUT2D eigenvalue weighted by molar-refractivity contribution is 5.83. The molecule has 0 aliphatic heterocycles. The summed E-state index contributed by atoms with van der Waals surface area (Å²) in [4.78, 5) is 12.0. The van der Waals surface area contributed by atoms with Crippen LogP contribution in [0.4, 0.5) is 5.95 Å². The first-order chi connectivity index (χ1) is 8.78. The molecule has 3 rings (SSSR count). The van der Waals surface area contributed by atoms with E-state index in [9.17, 15) is 0 Å². The Labute approximate surface area is 105 Å². The molecule has 4 nitrogen and oxygen atoms in total. The SMILES string of the molecule is CNc1ncc2[nH]c(-c3ccccc3C)cc2n1. The molecule has 2 heterocycles. The van der Waals surface area contributed by atoms with Crippen molar-refractivity contribution >= 4 is 17.0 Å². The second kappa shape index (κ2) is 4.14. The summed E-state index contributed by atoms with van der Waals surface area (Å²) in [5.41, 5.74) is 5.39. The molecule has 0 spiro atoms. The quantitative estimate of drug-likeness (QED) is 0.721. The van der Waals surface area contributed by atoms with E-state index in [0.29, 0.717) is 5.95 Å². The van der Waals surface area contributed by atoms with Crippen LogP contribution in [-0.2, 0) is 0 Å². The molecule has 1 aromatic carbocycles. The molecule has 2 aromatic heterocycles. The van der Waals surface area contributed by atoms with Gasteiger partial charge in [0.25, 0.3) is 0 Å². The highest BCUT2D eigenvalue weighted by atomic mass is 15.1. The minimum atomic E-state index is 0.637. The molecule has 0 fully saturated rings. The van der Waals surface area contributed by atoms with Crippen LogP contribution in [0.5, 0.6) is 0 Å². The van der Waals surface area contributed by atoms with Crippen molar-refractivity contribution < 1.29 is 0 Å². The van der Waals surface area contributed by atoms with Crippen LogP contribution in [-0.4, -0.2) is 22.0 Å². The Hall–Kier alpha value is -2.36. The summed E-state index contributed by atoms with van der Waals surface area (Å²) in [5, 5.41) is 2.94. The lowest BCUT2D eigenvalue weighted by atomic mass is 10.1. The lowest BCUT2D eigenvalue weighted by Crippen LogP contribution is -1.94. The van der Waals surface area contributed by atoms with Gasteiger partial charge >= 0.3 is 0 Å². The molecule has 0 amide bonds. The number of hydrogen-bond donors (Lipinski definition) is 2. The number of hydrogen-bond acceptors (Lipinski definition) is 3.